The van der Waals surface area contributed by atoms with Crippen LogP contribution >= 0.6 is 15.9 Å². The summed E-state index contributed by atoms with van der Waals surface area (Å²) < 4.78 is 5.84. The van der Waals surface area contributed by atoms with Gasteiger partial charge in [-0.05, 0) is 54.8 Å². The number of aryl methyl sites for hydroxylation is 2. The van der Waals surface area contributed by atoms with Gasteiger partial charge in [0.25, 0.3) is 0 Å². The van der Waals surface area contributed by atoms with E-state index in [-0.39, 0.29) is 5.92 Å². The second-order valence-corrected chi connectivity index (χ2v) is 5.43. The van der Waals surface area contributed by atoms with Gasteiger partial charge in [-0.25, -0.2) is 0 Å². The summed E-state index contributed by atoms with van der Waals surface area (Å²) >= 11 is 3.39. The Labute approximate surface area is 127 Å². The van der Waals surface area contributed by atoms with Gasteiger partial charge in [0.05, 0.1) is 0 Å². The molecule has 0 aliphatic carbocycles. The van der Waals surface area contributed by atoms with Gasteiger partial charge >= 0.3 is 0 Å². The van der Waals surface area contributed by atoms with E-state index < -0.39 is 0 Å². The summed E-state index contributed by atoms with van der Waals surface area (Å²) in [6.07, 6.45) is 0.988. The summed E-state index contributed by atoms with van der Waals surface area (Å²) in [4.78, 5) is 11.2. The Morgan fingerprint density at radius 2 is 1.70 bits per heavy atom. The van der Waals surface area contributed by atoms with E-state index in [2.05, 4.69) is 15.9 Å². The Hall–Kier alpha value is -1.61. The normalized spacial score (nSPS) is 11.9. The number of carbonyl (C=O) groups is 1. The van der Waals surface area contributed by atoms with Crippen LogP contribution in [0, 0.1) is 13.8 Å². The van der Waals surface area contributed by atoms with Crippen molar-refractivity contribution in [2.24, 2.45) is 0 Å². The molecule has 0 heterocycles. The fourth-order valence-electron chi connectivity index (χ4n) is 2.38. The van der Waals surface area contributed by atoms with Crippen molar-refractivity contribution in [3.63, 3.8) is 0 Å². The lowest BCUT2D eigenvalue weighted by atomic mass is 9.93. The maximum absolute atomic E-state index is 11.2. The molecule has 0 aliphatic heterocycles. The van der Waals surface area contributed by atoms with Gasteiger partial charge in [0.2, 0.25) is 0 Å². The van der Waals surface area contributed by atoms with Gasteiger partial charge in [0.1, 0.15) is 17.8 Å². The highest BCUT2D eigenvalue weighted by Crippen LogP contribution is 2.30. The number of ether oxygens (including phenoxy) is 1. The van der Waals surface area contributed by atoms with E-state index in [1.165, 1.54) is 0 Å². The van der Waals surface area contributed by atoms with Crippen LogP contribution in [0.1, 0.15) is 22.6 Å². The molecule has 0 amide bonds. The van der Waals surface area contributed by atoms with Crippen LogP contribution in [0.5, 0.6) is 11.5 Å². The van der Waals surface area contributed by atoms with Crippen LogP contribution in [0.3, 0.4) is 0 Å². The molecule has 2 rings (SSSR count). The van der Waals surface area contributed by atoms with Gasteiger partial charge in [-0.15, -0.1) is 0 Å². The fraction of sp³-hybridized carbons (Fsp3) is 0.235. The van der Waals surface area contributed by atoms with Crippen molar-refractivity contribution in [2.75, 3.05) is 5.33 Å². The molecule has 104 valence electrons. The highest BCUT2D eigenvalue weighted by molar-refractivity contribution is 9.09. The molecule has 0 spiro atoms. The average molecular weight is 333 g/mol. The summed E-state index contributed by atoms with van der Waals surface area (Å²) in [5.41, 5.74) is 3.23. The Morgan fingerprint density at radius 1 is 1.10 bits per heavy atom. The summed E-state index contributed by atoms with van der Waals surface area (Å²) in [5, 5.41) is 0.636. The third kappa shape index (κ3) is 3.28. The third-order valence-corrected chi connectivity index (χ3v) is 3.94. The second-order valence-electron chi connectivity index (χ2n) is 4.78. The molecule has 0 bridgehead atoms. The molecule has 0 aliphatic rings. The minimum atomic E-state index is -0.110. The molecule has 1 unspecified atom stereocenters. The molecule has 0 aromatic heterocycles. The first-order valence-electron chi connectivity index (χ1n) is 6.51. The Morgan fingerprint density at radius 3 is 2.20 bits per heavy atom. The van der Waals surface area contributed by atoms with E-state index in [1.807, 2.05) is 56.3 Å². The predicted molar refractivity (Wildman–Crippen MR) is 85.0 cm³/mol. The number of aldehydes is 1. The zero-order chi connectivity index (χ0) is 14.5. The molecule has 2 aromatic rings. The van der Waals surface area contributed by atoms with Crippen LogP contribution in [0.15, 0.2) is 42.5 Å². The van der Waals surface area contributed by atoms with Crippen LogP contribution in [0.2, 0.25) is 0 Å². The number of hydrogen-bond acceptors (Lipinski definition) is 2. The van der Waals surface area contributed by atoms with Crippen molar-refractivity contribution >= 4 is 22.2 Å². The number of para-hydroxylation sites is 1. The number of rotatable bonds is 5. The van der Waals surface area contributed by atoms with Crippen LogP contribution < -0.4 is 4.74 Å². The topological polar surface area (TPSA) is 26.3 Å². The lowest BCUT2D eigenvalue weighted by Gasteiger charge is -2.16. The van der Waals surface area contributed by atoms with Crippen molar-refractivity contribution in [2.45, 2.75) is 19.8 Å². The Kier molecular flexibility index (Phi) is 4.96. The highest BCUT2D eigenvalue weighted by atomic mass is 79.9. The lowest BCUT2D eigenvalue weighted by Crippen LogP contribution is -2.06. The first-order chi connectivity index (χ1) is 9.65. The smallest absolute Gasteiger partial charge is 0.128 e. The second kappa shape index (κ2) is 6.71. The van der Waals surface area contributed by atoms with E-state index in [0.717, 1.165) is 34.5 Å². The minimum absolute atomic E-state index is 0.110. The molecule has 0 fully saturated rings. The predicted octanol–water partition coefficient (Wildman–Crippen LogP) is 4.77. The van der Waals surface area contributed by atoms with E-state index >= 15 is 0 Å². The molecule has 0 radical (unpaired) electrons. The van der Waals surface area contributed by atoms with Gasteiger partial charge in [-0.2, -0.15) is 0 Å². The molecule has 0 saturated carbocycles. The first-order valence-corrected chi connectivity index (χ1v) is 7.63. The van der Waals surface area contributed by atoms with Crippen LogP contribution in [-0.2, 0) is 4.79 Å². The highest BCUT2D eigenvalue weighted by Gasteiger charge is 2.15. The Balaban J connectivity index is 2.33. The molecule has 2 nitrogen and oxygen atoms in total. The minimum Gasteiger partial charge on any atom is -0.457 e. The molecule has 2 aromatic carbocycles. The standard InChI is InChI=1S/C17H17BrO2/c1-12-8-16(20-15-6-4-3-5-7-15)9-13(2)17(12)14(10-18)11-19/h3-9,11,14H,10H2,1-2H3. The first kappa shape index (κ1) is 14.8. The summed E-state index contributed by atoms with van der Waals surface area (Å²) in [5.74, 6) is 1.50. The quantitative estimate of drug-likeness (QED) is 0.582. The molecule has 20 heavy (non-hydrogen) atoms. The maximum Gasteiger partial charge on any atom is 0.128 e. The van der Waals surface area contributed by atoms with Crippen molar-refractivity contribution < 1.29 is 9.53 Å². The zero-order valence-corrected chi connectivity index (χ0v) is 13.2. The van der Waals surface area contributed by atoms with Crippen LogP contribution in [-0.4, -0.2) is 11.6 Å². The number of alkyl halides is 1. The van der Waals surface area contributed by atoms with E-state index in [9.17, 15) is 4.79 Å². The summed E-state index contributed by atoms with van der Waals surface area (Å²) in [7, 11) is 0. The number of benzene rings is 2. The van der Waals surface area contributed by atoms with Gasteiger partial charge in [-0.3, -0.25) is 0 Å². The van der Waals surface area contributed by atoms with Crippen molar-refractivity contribution in [1.29, 1.82) is 0 Å². The third-order valence-electron chi connectivity index (χ3n) is 3.25. The molecular formula is C17H17BrO2. The van der Waals surface area contributed by atoms with Crippen LogP contribution in [0.4, 0.5) is 0 Å². The molecule has 1 atom stereocenters. The molecule has 3 heteroatoms. The maximum atomic E-state index is 11.2. The van der Waals surface area contributed by atoms with E-state index in [0.29, 0.717) is 5.33 Å². The SMILES string of the molecule is Cc1cc(Oc2ccccc2)cc(C)c1C(C=O)CBr. The molecular weight excluding hydrogens is 316 g/mol. The van der Waals surface area contributed by atoms with Gasteiger partial charge < -0.3 is 9.53 Å². The van der Waals surface area contributed by atoms with E-state index in [1.54, 1.807) is 0 Å². The van der Waals surface area contributed by atoms with Crippen molar-refractivity contribution in [1.82, 2.24) is 0 Å². The monoisotopic (exact) mass is 332 g/mol. The van der Waals surface area contributed by atoms with Gasteiger partial charge in [0.15, 0.2) is 0 Å². The van der Waals surface area contributed by atoms with E-state index in [4.69, 9.17) is 4.74 Å². The van der Waals surface area contributed by atoms with Crippen LogP contribution in [0.25, 0.3) is 0 Å². The number of carbonyl (C=O) groups excluding carboxylic acids is 1. The lowest BCUT2D eigenvalue weighted by molar-refractivity contribution is -0.108. The number of hydrogen-bond donors (Lipinski definition) is 0. The summed E-state index contributed by atoms with van der Waals surface area (Å²) in [6, 6.07) is 13.6. The largest absolute Gasteiger partial charge is 0.457 e. The van der Waals surface area contributed by atoms with Gasteiger partial charge in [0, 0.05) is 11.2 Å². The van der Waals surface area contributed by atoms with Gasteiger partial charge in [-0.1, -0.05) is 34.1 Å². The fourth-order valence-corrected chi connectivity index (χ4v) is 2.86. The van der Waals surface area contributed by atoms with Crippen molar-refractivity contribution in [3.05, 3.63) is 59.2 Å². The zero-order valence-electron chi connectivity index (χ0n) is 11.6. The molecule has 0 N–H and O–H groups in total. The average Bonchev–Trinajstić information content (AvgIpc) is 2.44. The summed E-state index contributed by atoms with van der Waals surface area (Å²) in [6.45, 7) is 4.03. The Bertz CT molecular complexity index is 570. The molecule has 0 saturated heterocycles. The van der Waals surface area contributed by atoms with Crippen molar-refractivity contribution in [3.8, 4) is 11.5 Å². The number of halogens is 1.